The lowest BCUT2D eigenvalue weighted by Crippen LogP contribution is -2.44. The highest BCUT2D eigenvalue weighted by atomic mass is 32.1. The molecular formula is C15H24N2S. The van der Waals surface area contributed by atoms with Crippen LogP contribution in [0.4, 0.5) is 0 Å². The molecule has 1 aromatic rings. The molecule has 1 heterocycles. The van der Waals surface area contributed by atoms with Crippen molar-refractivity contribution in [3.63, 3.8) is 0 Å². The van der Waals surface area contributed by atoms with Crippen molar-refractivity contribution in [2.45, 2.75) is 57.7 Å². The largest absolute Gasteiger partial charge is 0.327 e. The van der Waals surface area contributed by atoms with Crippen LogP contribution in [0.2, 0.25) is 0 Å². The molecule has 0 radical (unpaired) electrons. The van der Waals surface area contributed by atoms with E-state index in [4.69, 9.17) is 5.73 Å². The normalized spacial score (nSPS) is 32.3. The molecule has 2 aliphatic rings. The number of hydrogen-bond acceptors (Lipinski definition) is 3. The number of nitrogens with zero attached hydrogens (tertiary/aromatic N) is 1. The van der Waals surface area contributed by atoms with Crippen LogP contribution in [0.1, 0.15) is 44.6 Å². The maximum Gasteiger partial charge on any atom is 0.0245 e. The van der Waals surface area contributed by atoms with Gasteiger partial charge >= 0.3 is 0 Å². The lowest BCUT2D eigenvalue weighted by atomic mass is 9.84. The van der Waals surface area contributed by atoms with Gasteiger partial charge in [0.2, 0.25) is 0 Å². The van der Waals surface area contributed by atoms with Crippen molar-refractivity contribution >= 4 is 11.3 Å². The fraction of sp³-hybridized carbons (Fsp3) is 0.733. The maximum atomic E-state index is 6.33. The summed E-state index contributed by atoms with van der Waals surface area (Å²) in [4.78, 5) is 2.69. The summed E-state index contributed by atoms with van der Waals surface area (Å²) < 4.78 is 0. The van der Waals surface area contributed by atoms with E-state index in [0.717, 1.165) is 12.6 Å². The zero-order valence-electron chi connectivity index (χ0n) is 11.3. The highest BCUT2D eigenvalue weighted by molar-refractivity contribution is 7.07. The summed E-state index contributed by atoms with van der Waals surface area (Å²) in [5.41, 5.74) is 8.15. The monoisotopic (exact) mass is 264 g/mol. The molecule has 2 nitrogen and oxygen atoms in total. The minimum atomic E-state index is 0.346. The molecule has 2 N–H and O–H groups in total. The fourth-order valence-electron chi connectivity index (χ4n) is 3.29. The highest BCUT2D eigenvalue weighted by Gasteiger charge is 2.40. The first kappa shape index (κ1) is 12.6. The molecule has 0 spiro atoms. The van der Waals surface area contributed by atoms with Crippen LogP contribution in [0.15, 0.2) is 16.8 Å². The molecule has 100 valence electrons. The second-order valence-electron chi connectivity index (χ2n) is 6.42. The number of thiophene rings is 1. The maximum absolute atomic E-state index is 6.33. The summed E-state index contributed by atoms with van der Waals surface area (Å²) in [7, 11) is 0. The molecule has 0 saturated heterocycles. The molecule has 3 rings (SSSR count). The second-order valence-corrected chi connectivity index (χ2v) is 7.20. The molecule has 0 bridgehead atoms. The first-order chi connectivity index (χ1) is 8.67. The molecule has 18 heavy (non-hydrogen) atoms. The number of rotatable bonds is 5. The van der Waals surface area contributed by atoms with Crippen LogP contribution in [-0.2, 0) is 6.54 Å². The van der Waals surface area contributed by atoms with Crippen LogP contribution >= 0.6 is 11.3 Å². The first-order valence-electron chi connectivity index (χ1n) is 7.18. The van der Waals surface area contributed by atoms with E-state index in [9.17, 15) is 0 Å². The van der Waals surface area contributed by atoms with Crippen LogP contribution in [0.5, 0.6) is 0 Å². The average Bonchev–Trinajstić information content (AvgIpc) is 2.98. The molecule has 2 aliphatic carbocycles. The van der Waals surface area contributed by atoms with Gasteiger partial charge in [0.1, 0.15) is 0 Å². The Morgan fingerprint density at radius 3 is 2.83 bits per heavy atom. The zero-order valence-corrected chi connectivity index (χ0v) is 12.1. The highest BCUT2D eigenvalue weighted by Crippen LogP contribution is 2.40. The van der Waals surface area contributed by atoms with Crippen molar-refractivity contribution in [2.24, 2.45) is 11.1 Å². The number of nitrogens with two attached hydrogens (primary N) is 1. The van der Waals surface area contributed by atoms with Crippen molar-refractivity contribution in [3.8, 4) is 0 Å². The van der Waals surface area contributed by atoms with Crippen molar-refractivity contribution in [1.82, 2.24) is 4.90 Å². The minimum Gasteiger partial charge on any atom is -0.327 e. The van der Waals surface area contributed by atoms with Crippen LogP contribution in [0.25, 0.3) is 0 Å². The van der Waals surface area contributed by atoms with Gasteiger partial charge in [-0.2, -0.15) is 11.3 Å². The lowest BCUT2D eigenvalue weighted by Gasteiger charge is -2.35. The Labute approximate surface area is 114 Å². The minimum absolute atomic E-state index is 0.346. The van der Waals surface area contributed by atoms with E-state index in [1.54, 1.807) is 11.3 Å². The summed E-state index contributed by atoms with van der Waals surface area (Å²) in [6, 6.07) is 3.49. The SMILES string of the molecule is CC1(CN(Cc2ccsc2)C2CC2)CCCC1N. The van der Waals surface area contributed by atoms with Gasteiger partial charge in [-0.25, -0.2) is 0 Å². The second kappa shape index (κ2) is 4.95. The quantitative estimate of drug-likeness (QED) is 0.884. The molecule has 0 aromatic carbocycles. The summed E-state index contributed by atoms with van der Waals surface area (Å²) in [5, 5.41) is 4.47. The predicted octanol–water partition coefficient (Wildman–Crippen LogP) is 3.23. The van der Waals surface area contributed by atoms with Crippen molar-refractivity contribution < 1.29 is 0 Å². The molecular weight excluding hydrogens is 240 g/mol. The van der Waals surface area contributed by atoms with Crippen molar-refractivity contribution in [3.05, 3.63) is 22.4 Å². The topological polar surface area (TPSA) is 29.3 Å². The van der Waals surface area contributed by atoms with E-state index in [2.05, 4.69) is 28.7 Å². The Bertz CT molecular complexity index is 385. The van der Waals surface area contributed by atoms with Gasteiger partial charge in [0.15, 0.2) is 0 Å². The summed E-state index contributed by atoms with van der Waals surface area (Å²) in [6.45, 7) is 4.71. The molecule has 1 aromatic heterocycles. The van der Waals surface area contributed by atoms with Gasteiger partial charge in [-0.15, -0.1) is 0 Å². The Morgan fingerprint density at radius 2 is 2.28 bits per heavy atom. The molecule has 0 aliphatic heterocycles. The Morgan fingerprint density at radius 1 is 1.44 bits per heavy atom. The van der Waals surface area contributed by atoms with Gasteiger partial charge in [0, 0.05) is 25.2 Å². The van der Waals surface area contributed by atoms with Gasteiger partial charge < -0.3 is 5.73 Å². The van der Waals surface area contributed by atoms with Crippen LogP contribution in [-0.4, -0.2) is 23.5 Å². The fourth-order valence-corrected chi connectivity index (χ4v) is 3.95. The van der Waals surface area contributed by atoms with E-state index < -0.39 is 0 Å². The summed E-state index contributed by atoms with van der Waals surface area (Å²) >= 11 is 1.80. The number of hydrogen-bond donors (Lipinski definition) is 1. The first-order valence-corrected chi connectivity index (χ1v) is 8.12. The molecule has 2 fully saturated rings. The molecule has 2 unspecified atom stereocenters. The third-order valence-corrected chi connectivity index (χ3v) is 5.48. The Kier molecular flexibility index (Phi) is 3.48. The van der Waals surface area contributed by atoms with Crippen LogP contribution < -0.4 is 5.73 Å². The lowest BCUT2D eigenvalue weighted by molar-refractivity contribution is 0.139. The molecule has 3 heteroatoms. The van der Waals surface area contributed by atoms with Gasteiger partial charge in [-0.1, -0.05) is 13.3 Å². The van der Waals surface area contributed by atoms with Gasteiger partial charge in [-0.05, 0) is 53.5 Å². The van der Waals surface area contributed by atoms with E-state index in [-0.39, 0.29) is 0 Å². The molecule has 0 amide bonds. The van der Waals surface area contributed by atoms with Crippen molar-refractivity contribution in [2.75, 3.05) is 6.54 Å². The van der Waals surface area contributed by atoms with Crippen LogP contribution in [0.3, 0.4) is 0 Å². The van der Waals surface area contributed by atoms with Crippen molar-refractivity contribution in [1.29, 1.82) is 0 Å². The van der Waals surface area contributed by atoms with E-state index >= 15 is 0 Å². The molecule has 2 saturated carbocycles. The Hall–Kier alpha value is -0.380. The Balaban J connectivity index is 1.67. The van der Waals surface area contributed by atoms with E-state index in [1.807, 2.05) is 0 Å². The van der Waals surface area contributed by atoms with Crippen LogP contribution in [0, 0.1) is 5.41 Å². The van der Waals surface area contributed by atoms with E-state index in [0.29, 0.717) is 11.5 Å². The zero-order chi connectivity index (χ0) is 12.6. The third kappa shape index (κ3) is 2.63. The summed E-state index contributed by atoms with van der Waals surface area (Å²) in [5.74, 6) is 0. The molecule has 2 atom stereocenters. The average molecular weight is 264 g/mol. The van der Waals surface area contributed by atoms with Gasteiger partial charge in [0.05, 0.1) is 0 Å². The summed E-state index contributed by atoms with van der Waals surface area (Å²) in [6.07, 6.45) is 6.61. The smallest absolute Gasteiger partial charge is 0.0245 e. The van der Waals surface area contributed by atoms with Gasteiger partial charge in [-0.3, -0.25) is 4.90 Å². The standard InChI is InChI=1S/C15H24N2S/c1-15(7-2-3-14(15)16)11-17(13-4-5-13)9-12-6-8-18-10-12/h6,8,10,13-14H,2-5,7,9,11,16H2,1H3. The van der Waals surface area contributed by atoms with E-state index in [1.165, 1.54) is 44.2 Å². The third-order valence-electron chi connectivity index (χ3n) is 4.75. The van der Waals surface area contributed by atoms with Gasteiger partial charge in [0.25, 0.3) is 0 Å². The predicted molar refractivity (Wildman–Crippen MR) is 77.7 cm³/mol.